The molecule has 0 saturated carbocycles. The minimum absolute atomic E-state index is 0.0982. The standard InChI is InChI=1S/C18H28N2O/c1-13-8-7-9-16(12-13)17-10-5-4-6-11-20(17)18(21)14(2)15(3)19/h7-9,12,14-15,17H,4-6,10-11,19H2,1-3H3. The molecule has 3 nitrogen and oxygen atoms in total. The van der Waals surface area contributed by atoms with Crippen LogP contribution in [0.3, 0.4) is 0 Å². The van der Waals surface area contributed by atoms with Gasteiger partial charge in [0.25, 0.3) is 0 Å². The molecule has 0 aliphatic carbocycles. The Labute approximate surface area is 128 Å². The molecule has 1 aromatic carbocycles. The van der Waals surface area contributed by atoms with Gasteiger partial charge in [-0.15, -0.1) is 0 Å². The van der Waals surface area contributed by atoms with Gasteiger partial charge in [-0.3, -0.25) is 4.79 Å². The van der Waals surface area contributed by atoms with Crippen molar-refractivity contribution in [3.8, 4) is 0 Å². The van der Waals surface area contributed by atoms with Crippen LogP contribution in [0.4, 0.5) is 0 Å². The summed E-state index contributed by atoms with van der Waals surface area (Å²) in [7, 11) is 0. The van der Waals surface area contributed by atoms with E-state index in [1.54, 1.807) is 0 Å². The number of hydrogen-bond donors (Lipinski definition) is 1. The van der Waals surface area contributed by atoms with Gasteiger partial charge < -0.3 is 10.6 Å². The molecule has 0 bridgehead atoms. The monoisotopic (exact) mass is 288 g/mol. The van der Waals surface area contributed by atoms with Gasteiger partial charge >= 0.3 is 0 Å². The molecule has 0 radical (unpaired) electrons. The van der Waals surface area contributed by atoms with Gasteiger partial charge in [0, 0.05) is 12.6 Å². The Morgan fingerprint density at radius 2 is 2.05 bits per heavy atom. The Bertz CT molecular complexity index is 484. The first-order chi connectivity index (χ1) is 10.0. The molecule has 3 atom stereocenters. The quantitative estimate of drug-likeness (QED) is 0.926. The van der Waals surface area contributed by atoms with Crippen LogP contribution in [-0.4, -0.2) is 23.4 Å². The fourth-order valence-corrected chi connectivity index (χ4v) is 3.08. The molecule has 3 unspecified atom stereocenters. The lowest BCUT2D eigenvalue weighted by atomic mass is 9.96. The molecule has 1 aliphatic rings. The number of likely N-dealkylation sites (tertiary alicyclic amines) is 1. The maximum Gasteiger partial charge on any atom is 0.227 e. The highest BCUT2D eigenvalue weighted by Crippen LogP contribution is 2.31. The lowest BCUT2D eigenvalue weighted by molar-refractivity contribution is -0.138. The number of nitrogens with zero attached hydrogens (tertiary/aromatic N) is 1. The molecule has 116 valence electrons. The first kappa shape index (κ1) is 16.0. The second-order valence-electron chi connectivity index (χ2n) is 6.46. The number of rotatable bonds is 3. The number of hydrogen-bond acceptors (Lipinski definition) is 2. The molecule has 1 amide bonds. The van der Waals surface area contributed by atoms with Crippen LogP contribution in [0, 0.1) is 12.8 Å². The molecule has 21 heavy (non-hydrogen) atoms. The third-order valence-electron chi connectivity index (χ3n) is 4.64. The summed E-state index contributed by atoms with van der Waals surface area (Å²) in [6.45, 7) is 6.83. The maximum absolute atomic E-state index is 12.8. The second kappa shape index (κ2) is 7.08. The average molecular weight is 288 g/mol. The normalized spacial score (nSPS) is 22.5. The third-order valence-corrected chi connectivity index (χ3v) is 4.64. The summed E-state index contributed by atoms with van der Waals surface area (Å²) in [5.41, 5.74) is 8.46. The number of carbonyl (C=O) groups is 1. The van der Waals surface area contributed by atoms with E-state index in [0.29, 0.717) is 0 Å². The number of benzene rings is 1. The molecular weight excluding hydrogens is 260 g/mol. The zero-order valence-electron chi connectivity index (χ0n) is 13.5. The second-order valence-corrected chi connectivity index (χ2v) is 6.46. The van der Waals surface area contributed by atoms with Gasteiger partial charge in [0.2, 0.25) is 5.91 Å². The summed E-state index contributed by atoms with van der Waals surface area (Å²) < 4.78 is 0. The molecule has 2 rings (SSSR count). The number of carbonyl (C=O) groups excluding carboxylic acids is 1. The van der Waals surface area contributed by atoms with Gasteiger partial charge in [-0.05, 0) is 32.3 Å². The number of amides is 1. The van der Waals surface area contributed by atoms with Crippen molar-refractivity contribution in [2.75, 3.05) is 6.54 Å². The lowest BCUT2D eigenvalue weighted by Gasteiger charge is -2.33. The maximum atomic E-state index is 12.8. The van der Waals surface area contributed by atoms with E-state index in [4.69, 9.17) is 5.73 Å². The van der Waals surface area contributed by atoms with Crippen LogP contribution < -0.4 is 5.73 Å². The summed E-state index contributed by atoms with van der Waals surface area (Å²) in [6.07, 6.45) is 4.55. The van der Waals surface area contributed by atoms with Crippen molar-refractivity contribution in [2.24, 2.45) is 11.7 Å². The van der Waals surface area contributed by atoms with Crippen molar-refractivity contribution < 1.29 is 4.79 Å². The fourth-order valence-electron chi connectivity index (χ4n) is 3.08. The van der Waals surface area contributed by atoms with E-state index in [1.807, 2.05) is 13.8 Å². The molecular formula is C18H28N2O. The molecule has 1 aliphatic heterocycles. The molecule has 1 fully saturated rings. The minimum atomic E-state index is -0.115. The Morgan fingerprint density at radius 3 is 2.71 bits per heavy atom. The number of nitrogens with two attached hydrogens (primary N) is 1. The van der Waals surface area contributed by atoms with E-state index in [9.17, 15) is 4.79 Å². The summed E-state index contributed by atoms with van der Waals surface area (Å²) in [6, 6.07) is 8.68. The Balaban J connectivity index is 2.28. The topological polar surface area (TPSA) is 46.3 Å². The largest absolute Gasteiger partial charge is 0.335 e. The van der Waals surface area contributed by atoms with Gasteiger partial charge in [0.15, 0.2) is 0 Å². The zero-order valence-corrected chi connectivity index (χ0v) is 13.5. The van der Waals surface area contributed by atoms with Crippen LogP contribution in [0.25, 0.3) is 0 Å². The van der Waals surface area contributed by atoms with Gasteiger partial charge in [-0.25, -0.2) is 0 Å². The highest BCUT2D eigenvalue weighted by molar-refractivity contribution is 5.79. The van der Waals surface area contributed by atoms with Crippen molar-refractivity contribution in [3.05, 3.63) is 35.4 Å². The smallest absolute Gasteiger partial charge is 0.227 e. The lowest BCUT2D eigenvalue weighted by Crippen LogP contribution is -2.43. The first-order valence-corrected chi connectivity index (χ1v) is 8.13. The summed E-state index contributed by atoms with van der Waals surface area (Å²) in [5, 5.41) is 0. The molecule has 0 aromatic heterocycles. The van der Waals surface area contributed by atoms with Crippen LogP contribution >= 0.6 is 0 Å². The van der Waals surface area contributed by atoms with Crippen LogP contribution in [0.2, 0.25) is 0 Å². The molecule has 1 heterocycles. The van der Waals surface area contributed by atoms with Gasteiger partial charge in [0.05, 0.1) is 12.0 Å². The van der Waals surface area contributed by atoms with Crippen LogP contribution in [0.5, 0.6) is 0 Å². The van der Waals surface area contributed by atoms with E-state index >= 15 is 0 Å². The minimum Gasteiger partial charge on any atom is -0.335 e. The average Bonchev–Trinajstić information content (AvgIpc) is 2.71. The zero-order chi connectivity index (χ0) is 15.4. The summed E-state index contributed by atoms with van der Waals surface area (Å²) >= 11 is 0. The molecule has 2 N–H and O–H groups in total. The van der Waals surface area contributed by atoms with E-state index in [2.05, 4.69) is 36.1 Å². The SMILES string of the molecule is Cc1cccc(C2CCCCCN2C(=O)C(C)C(C)N)c1. The molecule has 1 aromatic rings. The Kier molecular flexibility index (Phi) is 5.40. The van der Waals surface area contributed by atoms with E-state index in [0.717, 1.165) is 19.4 Å². The van der Waals surface area contributed by atoms with E-state index in [1.165, 1.54) is 24.0 Å². The highest BCUT2D eigenvalue weighted by Gasteiger charge is 2.30. The van der Waals surface area contributed by atoms with Crippen molar-refractivity contribution >= 4 is 5.91 Å². The third kappa shape index (κ3) is 3.85. The van der Waals surface area contributed by atoms with Crippen molar-refractivity contribution in [1.82, 2.24) is 4.90 Å². The van der Waals surface area contributed by atoms with Gasteiger partial charge in [-0.2, -0.15) is 0 Å². The molecule has 3 heteroatoms. The molecule has 1 saturated heterocycles. The van der Waals surface area contributed by atoms with Crippen LogP contribution in [-0.2, 0) is 4.79 Å². The highest BCUT2D eigenvalue weighted by atomic mass is 16.2. The summed E-state index contributed by atoms with van der Waals surface area (Å²) in [4.78, 5) is 14.9. The van der Waals surface area contributed by atoms with Crippen molar-refractivity contribution in [2.45, 2.75) is 58.5 Å². The Morgan fingerprint density at radius 1 is 1.29 bits per heavy atom. The fraction of sp³-hybridized carbons (Fsp3) is 0.611. The van der Waals surface area contributed by atoms with Crippen molar-refractivity contribution in [1.29, 1.82) is 0 Å². The van der Waals surface area contributed by atoms with E-state index in [-0.39, 0.29) is 23.9 Å². The predicted octanol–water partition coefficient (Wildman–Crippen LogP) is 3.42. The Hall–Kier alpha value is -1.35. The number of aryl methyl sites for hydroxylation is 1. The van der Waals surface area contributed by atoms with E-state index < -0.39 is 0 Å². The molecule has 0 spiro atoms. The predicted molar refractivity (Wildman–Crippen MR) is 86.9 cm³/mol. The first-order valence-electron chi connectivity index (χ1n) is 8.13. The van der Waals surface area contributed by atoms with Crippen LogP contribution in [0.15, 0.2) is 24.3 Å². The summed E-state index contributed by atoms with van der Waals surface area (Å²) in [5.74, 6) is 0.0915. The van der Waals surface area contributed by atoms with Crippen LogP contribution in [0.1, 0.15) is 56.7 Å². The van der Waals surface area contributed by atoms with Crippen molar-refractivity contribution in [3.63, 3.8) is 0 Å². The van der Waals surface area contributed by atoms with Gasteiger partial charge in [-0.1, -0.05) is 49.6 Å². The van der Waals surface area contributed by atoms with Gasteiger partial charge in [0.1, 0.15) is 0 Å².